The number of hydrogen-bond donors (Lipinski definition) is 2. The SMILES string of the molecule is Cn1nccc1CNC(=O)[C@@]1(C)CC[C@]2(C)CC[C@@]3(C)[C@]4(C)CC[C@H]5C(C)(C)C(=O)C(C#N)=C[C@]5(C)C4=CC(=O)[C@]3(O)[C@@H]2C1. The molecule has 8 heteroatoms. The van der Waals surface area contributed by atoms with E-state index >= 15 is 0 Å². The van der Waals surface area contributed by atoms with Crippen LogP contribution in [0, 0.1) is 55.7 Å². The summed E-state index contributed by atoms with van der Waals surface area (Å²) in [4.78, 5) is 41.7. The smallest absolute Gasteiger partial charge is 0.226 e. The topological polar surface area (TPSA) is 125 Å². The second kappa shape index (κ2) is 9.25. The van der Waals surface area contributed by atoms with Crippen molar-refractivity contribution in [2.75, 3.05) is 0 Å². The molecule has 1 aromatic heterocycles. The van der Waals surface area contributed by atoms with Gasteiger partial charge in [0, 0.05) is 40.8 Å². The lowest BCUT2D eigenvalue weighted by Gasteiger charge is -2.71. The molecule has 0 saturated heterocycles. The van der Waals surface area contributed by atoms with E-state index < -0.39 is 38.6 Å². The van der Waals surface area contributed by atoms with Crippen molar-refractivity contribution in [3.05, 3.63) is 41.3 Å². The van der Waals surface area contributed by atoms with Gasteiger partial charge in [-0.05, 0) is 79.4 Å². The highest BCUT2D eigenvalue weighted by atomic mass is 16.3. The highest BCUT2D eigenvalue weighted by Crippen LogP contribution is 2.75. The average molecular weight is 601 g/mol. The van der Waals surface area contributed by atoms with Crippen LogP contribution in [0.25, 0.3) is 0 Å². The molecule has 44 heavy (non-hydrogen) atoms. The first-order valence-corrected chi connectivity index (χ1v) is 16.3. The molecule has 0 radical (unpaired) electrons. The van der Waals surface area contributed by atoms with Gasteiger partial charge in [-0.25, -0.2) is 0 Å². The van der Waals surface area contributed by atoms with Crippen molar-refractivity contribution in [2.24, 2.45) is 51.4 Å². The van der Waals surface area contributed by atoms with E-state index in [-0.39, 0.29) is 34.4 Å². The number of Topliss-reactive ketones (excluding diaryl/α,β-unsaturated/α-hetero) is 1. The number of nitriles is 1. The zero-order valence-electron chi connectivity index (χ0n) is 27.6. The number of aliphatic hydroxyl groups is 1. The molecule has 1 heterocycles. The maximum atomic E-state index is 14.7. The number of aromatic nitrogens is 2. The van der Waals surface area contributed by atoms with E-state index in [9.17, 15) is 24.8 Å². The van der Waals surface area contributed by atoms with Crippen LogP contribution < -0.4 is 5.32 Å². The Morgan fingerprint density at radius 1 is 1.07 bits per heavy atom. The summed E-state index contributed by atoms with van der Waals surface area (Å²) in [6.07, 6.45) is 10.2. The van der Waals surface area contributed by atoms with E-state index in [0.29, 0.717) is 25.8 Å². The summed E-state index contributed by atoms with van der Waals surface area (Å²) in [6.45, 7) is 14.8. The molecule has 0 aromatic carbocycles. The fourth-order valence-corrected chi connectivity index (χ4v) is 10.9. The molecule has 236 valence electrons. The Kier molecular flexibility index (Phi) is 6.51. The molecular weight excluding hydrogens is 552 g/mol. The summed E-state index contributed by atoms with van der Waals surface area (Å²) >= 11 is 0. The fraction of sp³-hybridized carbons (Fsp3) is 0.694. The first kappa shape index (κ1) is 31.0. The lowest BCUT2D eigenvalue weighted by molar-refractivity contribution is -0.242. The minimum atomic E-state index is -1.65. The molecule has 8 nitrogen and oxygen atoms in total. The molecule has 2 N–H and O–H groups in total. The Hall–Kier alpha value is -3.05. The predicted molar refractivity (Wildman–Crippen MR) is 165 cm³/mol. The van der Waals surface area contributed by atoms with Gasteiger partial charge in [0.25, 0.3) is 0 Å². The molecule has 1 amide bonds. The normalized spacial score (nSPS) is 44.2. The number of allylic oxidation sites excluding steroid dienone is 3. The van der Waals surface area contributed by atoms with Crippen LogP contribution in [0.5, 0.6) is 0 Å². The molecule has 8 atom stereocenters. The molecular formula is C36H48N4O4. The lowest BCUT2D eigenvalue weighted by atomic mass is 9.33. The first-order chi connectivity index (χ1) is 20.3. The van der Waals surface area contributed by atoms with Gasteiger partial charge in [0.2, 0.25) is 5.91 Å². The van der Waals surface area contributed by atoms with Crippen LogP contribution >= 0.6 is 0 Å². The number of amides is 1. The van der Waals surface area contributed by atoms with Gasteiger partial charge in [0.15, 0.2) is 11.6 Å². The molecule has 0 unspecified atom stereocenters. The van der Waals surface area contributed by atoms with Crippen LogP contribution in [0.1, 0.15) is 99.1 Å². The van der Waals surface area contributed by atoms with Crippen molar-refractivity contribution in [2.45, 2.75) is 106 Å². The van der Waals surface area contributed by atoms with Crippen LogP contribution in [-0.4, -0.2) is 38.0 Å². The minimum Gasteiger partial charge on any atom is -0.381 e. The van der Waals surface area contributed by atoms with Crippen molar-refractivity contribution in [3.63, 3.8) is 0 Å². The monoisotopic (exact) mass is 600 g/mol. The van der Waals surface area contributed by atoms with Crippen LogP contribution in [0.3, 0.4) is 0 Å². The van der Waals surface area contributed by atoms with Gasteiger partial charge >= 0.3 is 0 Å². The number of hydrogen-bond acceptors (Lipinski definition) is 6. The third-order valence-electron chi connectivity index (χ3n) is 14.2. The Morgan fingerprint density at radius 2 is 1.75 bits per heavy atom. The molecule has 3 fully saturated rings. The number of carbonyl (C=O) groups is 3. The van der Waals surface area contributed by atoms with Crippen molar-refractivity contribution < 1.29 is 19.5 Å². The fourth-order valence-electron chi connectivity index (χ4n) is 10.9. The van der Waals surface area contributed by atoms with Gasteiger partial charge < -0.3 is 10.4 Å². The Bertz CT molecular complexity index is 1580. The maximum Gasteiger partial charge on any atom is 0.226 e. The zero-order chi connectivity index (χ0) is 32.3. The van der Waals surface area contributed by atoms with Gasteiger partial charge in [-0.3, -0.25) is 19.1 Å². The van der Waals surface area contributed by atoms with Gasteiger partial charge in [-0.1, -0.05) is 54.5 Å². The number of nitrogens with one attached hydrogen (secondary N) is 1. The molecule has 0 bridgehead atoms. The molecule has 5 aliphatic carbocycles. The van der Waals surface area contributed by atoms with Crippen LogP contribution in [0.2, 0.25) is 0 Å². The molecule has 0 spiro atoms. The number of aryl methyl sites for hydroxylation is 1. The molecule has 3 saturated carbocycles. The largest absolute Gasteiger partial charge is 0.381 e. The van der Waals surface area contributed by atoms with Crippen molar-refractivity contribution >= 4 is 17.5 Å². The summed E-state index contributed by atoms with van der Waals surface area (Å²) in [5, 5.41) is 30.3. The van der Waals surface area contributed by atoms with Gasteiger partial charge in [-0.15, -0.1) is 0 Å². The zero-order valence-corrected chi connectivity index (χ0v) is 27.6. The molecule has 1 aromatic rings. The summed E-state index contributed by atoms with van der Waals surface area (Å²) in [6, 6.07) is 4.03. The highest BCUT2D eigenvalue weighted by Gasteiger charge is 2.75. The summed E-state index contributed by atoms with van der Waals surface area (Å²) in [5.74, 6) is -0.924. The number of nitrogens with zero attached hydrogens (tertiary/aromatic N) is 3. The van der Waals surface area contributed by atoms with Crippen LogP contribution in [0.4, 0.5) is 0 Å². The Balaban J connectivity index is 1.42. The van der Waals surface area contributed by atoms with E-state index in [1.165, 1.54) is 0 Å². The third kappa shape index (κ3) is 3.65. The lowest BCUT2D eigenvalue weighted by Crippen LogP contribution is -2.74. The van der Waals surface area contributed by atoms with Crippen molar-refractivity contribution in [3.8, 4) is 6.07 Å². The molecule has 0 aliphatic heterocycles. The van der Waals surface area contributed by atoms with Gasteiger partial charge in [0.1, 0.15) is 11.7 Å². The average Bonchev–Trinajstić information content (AvgIpc) is 3.38. The standard InChI is InChI=1S/C36H48N4O4/c1-30(2)24-9-11-34(6)25(33(24,5)18-22(20-37)28(30)42)17-27(41)36(44)26-19-32(4,13-12-31(26,3)14-15-35(34,36)7)29(43)38-21-23-10-16-39-40(23)8/h10,16-18,24,26,44H,9,11-15,19,21H2,1-8H3,(H,38,43)/t24-,26+,31+,32-,33-,34+,35-,36+/m0/s1. The van der Waals surface area contributed by atoms with E-state index in [4.69, 9.17) is 0 Å². The maximum absolute atomic E-state index is 14.7. The predicted octanol–water partition coefficient (Wildman–Crippen LogP) is 5.37. The van der Waals surface area contributed by atoms with E-state index in [1.807, 2.05) is 40.0 Å². The number of ketones is 2. The van der Waals surface area contributed by atoms with E-state index in [2.05, 4.69) is 44.2 Å². The minimum absolute atomic E-state index is 0.0568. The summed E-state index contributed by atoms with van der Waals surface area (Å²) in [7, 11) is 1.85. The van der Waals surface area contributed by atoms with E-state index in [0.717, 1.165) is 37.0 Å². The first-order valence-electron chi connectivity index (χ1n) is 16.3. The summed E-state index contributed by atoms with van der Waals surface area (Å²) in [5.41, 5.74) is -3.36. The third-order valence-corrected chi connectivity index (χ3v) is 14.2. The van der Waals surface area contributed by atoms with Crippen LogP contribution in [0.15, 0.2) is 35.6 Å². The van der Waals surface area contributed by atoms with Gasteiger partial charge in [0.05, 0.1) is 17.8 Å². The number of fused-ring (bicyclic) bond motifs is 7. The van der Waals surface area contributed by atoms with Crippen molar-refractivity contribution in [1.29, 1.82) is 5.26 Å². The quantitative estimate of drug-likeness (QED) is 0.481. The van der Waals surface area contributed by atoms with Crippen LogP contribution in [-0.2, 0) is 28.0 Å². The summed E-state index contributed by atoms with van der Waals surface area (Å²) < 4.78 is 1.74. The highest BCUT2D eigenvalue weighted by molar-refractivity contribution is 6.05. The van der Waals surface area contributed by atoms with Crippen molar-refractivity contribution in [1.82, 2.24) is 15.1 Å². The number of rotatable bonds is 3. The Morgan fingerprint density at radius 3 is 2.39 bits per heavy atom. The second-order valence-electron chi connectivity index (χ2n) is 16.5. The van der Waals surface area contributed by atoms with E-state index in [1.54, 1.807) is 17.0 Å². The van der Waals surface area contributed by atoms with Gasteiger partial charge in [-0.2, -0.15) is 10.4 Å². The molecule has 6 rings (SSSR count). The Labute approximate surface area is 261 Å². The second-order valence-corrected chi connectivity index (χ2v) is 16.5. The number of carbonyl (C=O) groups excluding carboxylic acids is 3. The molecule has 5 aliphatic rings.